The van der Waals surface area contributed by atoms with Crippen LogP contribution in [-0.2, 0) is 21.3 Å². The number of carbonyl (C=O) groups is 3. The van der Waals surface area contributed by atoms with Gasteiger partial charge in [0.2, 0.25) is 0 Å². The number of carbonyl (C=O) groups excluding carboxylic acids is 3. The standard InChI is InChI=1S/C23H23N3O6/c1-4-30-22(28)19-16(24-23(29)25-20(19)18-10-9-13(2)32-18)12-31-21(27)15-11-26(3)17-8-6-5-7-14(15)17/h5-11,20H,4,12H2,1-3H3,(H2,24,25,29). The monoisotopic (exact) mass is 437 g/mol. The summed E-state index contributed by atoms with van der Waals surface area (Å²) >= 11 is 0. The molecule has 1 atom stereocenters. The van der Waals surface area contributed by atoms with Gasteiger partial charge in [0.15, 0.2) is 0 Å². The molecule has 1 aromatic carbocycles. The average molecular weight is 437 g/mol. The Hall–Kier alpha value is -4.01. The molecule has 1 unspecified atom stereocenters. The maximum atomic E-state index is 12.8. The largest absolute Gasteiger partial charge is 0.464 e. The smallest absolute Gasteiger partial charge is 0.340 e. The zero-order valence-corrected chi connectivity index (χ0v) is 17.9. The maximum Gasteiger partial charge on any atom is 0.340 e. The van der Waals surface area contributed by atoms with Gasteiger partial charge in [-0.3, -0.25) is 0 Å². The molecule has 2 amide bonds. The van der Waals surface area contributed by atoms with Crippen LogP contribution in [0.25, 0.3) is 10.9 Å². The van der Waals surface area contributed by atoms with Gasteiger partial charge in [0.05, 0.1) is 23.4 Å². The van der Waals surface area contributed by atoms with Gasteiger partial charge in [0, 0.05) is 24.1 Å². The number of nitrogens with one attached hydrogen (secondary N) is 2. The second-order valence-corrected chi connectivity index (χ2v) is 7.34. The van der Waals surface area contributed by atoms with Crippen LogP contribution in [0.5, 0.6) is 0 Å². The van der Waals surface area contributed by atoms with E-state index in [1.54, 1.807) is 32.2 Å². The minimum Gasteiger partial charge on any atom is -0.464 e. The molecule has 0 bridgehead atoms. The second kappa shape index (κ2) is 8.62. The van der Waals surface area contributed by atoms with E-state index < -0.39 is 24.0 Å². The third-order valence-corrected chi connectivity index (χ3v) is 5.16. The van der Waals surface area contributed by atoms with Crippen molar-refractivity contribution in [3.8, 4) is 0 Å². The first-order chi connectivity index (χ1) is 15.4. The number of para-hydroxylation sites is 1. The van der Waals surface area contributed by atoms with E-state index in [-0.39, 0.29) is 24.5 Å². The van der Waals surface area contributed by atoms with Gasteiger partial charge in [0.1, 0.15) is 24.2 Å². The van der Waals surface area contributed by atoms with E-state index in [4.69, 9.17) is 13.9 Å². The van der Waals surface area contributed by atoms with Crippen LogP contribution in [0.3, 0.4) is 0 Å². The third kappa shape index (κ3) is 3.96. The molecule has 2 N–H and O–H groups in total. The van der Waals surface area contributed by atoms with E-state index in [9.17, 15) is 14.4 Å². The summed E-state index contributed by atoms with van der Waals surface area (Å²) in [6, 6.07) is 9.43. The van der Waals surface area contributed by atoms with Crippen molar-refractivity contribution in [1.82, 2.24) is 15.2 Å². The lowest BCUT2D eigenvalue weighted by molar-refractivity contribution is -0.139. The Kier molecular flexibility index (Phi) is 5.72. The molecular weight excluding hydrogens is 414 g/mol. The van der Waals surface area contributed by atoms with Gasteiger partial charge >= 0.3 is 18.0 Å². The highest BCUT2D eigenvalue weighted by atomic mass is 16.5. The predicted octanol–water partition coefficient (Wildman–Crippen LogP) is 3.11. The van der Waals surface area contributed by atoms with E-state index in [1.165, 1.54) is 0 Å². The maximum absolute atomic E-state index is 12.8. The summed E-state index contributed by atoms with van der Waals surface area (Å²) in [7, 11) is 1.84. The highest BCUT2D eigenvalue weighted by Gasteiger charge is 2.36. The number of hydrogen-bond donors (Lipinski definition) is 2. The number of esters is 2. The van der Waals surface area contributed by atoms with E-state index in [1.807, 2.05) is 35.9 Å². The predicted molar refractivity (Wildman–Crippen MR) is 115 cm³/mol. The van der Waals surface area contributed by atoms with Crippen molar-refractivity contribution < 1.29 is 28.3 Å². The quantitative estimate of drug-likeness (QED) is 0.573. The Morgan fingerprint density at radius 2 is 1.91 bits per heavy atom. The molecule has 3 aromatic rings. The SMILES string of the molecule is CCOC(=O)C1=C(COC(=O)c2cn(C)c3ccccc23)NC(=O)NC1c1ccc(C)o1. The van der Waals surface area contributed by atoms with Crippen LogP contribution >= 0.6 is 0 Å². The molecule has 0 radical (unpaired) electrons. The lowest BCUT2D eigenvalue weighted by Gasteiger charge is -2.27. The average Bonchev–Trinajstić information content (AvgIpc) is 3.35. The minimum absolute atomic E-state index is 0.117. The summed E-state index contributed by atoms with van der Waals surface area (Å²) in [6.45, 7) is 3.26. The Labute approximate surface area is 184 Å². The molecule has 1 aliphatic heterocycles. The van der Waals surface area contributed by atoms with E-state index in [0.29, 0.717) is 17.1 Å². The molecule has 0 saturated heterocycles. The number of urea groups is 1. The molecule has 2 aromatic heterocycles. The fourth-order valence-electron chi connectivity index (χ4n) is 3.72. The van der Waals surface area contributed by atoms with Gasteiger partial charge in [-0.2, -0.15) is 0 Å². The van der Waals surface area contributed by atoms with Gasteiger partial charge < -0.3 is 29.1 Å². The van der Waals surface area contributed by atoms with Crippen molar-refractivity contribution in [3.63, 3.8) is 0 Å². The molecule has 32 heavy (non-hydrogen) atoms. The number of fused-ring (bicyclic) bond motifs is 1. The topological polar surface area (TPSA) is 112 Å². The molecule has 0 saturated carbocycles. The van der Waals surface area contributed by atoms with Gasteiger partial charge in [-0.1, -0.05) is 18.2 Å². The Bertz CT molecular complexity index is 1240. The van der Waals surface area contributed by atoms with E-state index in [0.717, 1.165) is 10.9 Å². The number of hydrogen-bond acceptors (Lipinski definition) is 6. The van der Waals surface area contributed by atoms with Crippen LogP contribution in [0, 0.1) is 6.92 Å². The molecule has 0 fully saturated rings. The van der Waals surface area contributed by atoms with Crippen LogP contribution in [0.15, 0.2) is 58.3 Å². The van der Waals surface area contributed by atoms with Crippen molar-refractivity contribution in [2.75, 3.05) is 13.2 Å². The Morgan fingerprint density at radius 1 is 1.12 bits per heavy atom. The summed E-state index contributed by atoms with van der Waals surface area (Å²) < 4.78 is 18.1. The molecular formula is C23H23N3O6. The highest BCUT2D eigenvalue weighted by Crippen LogP contribution is 2.29. The van der Waals surface area contributed by atoms with Crippen molar-refractivity contribution >= 4 is 28.9 Å². The van der Waals surface area contributed by atoms with Crippen molar-refractivity contribution in [2.45, 2.75) is 19.9 Å². The lowest BCUT2D eigenvalue weighted by atomic mass is 10.0. The summed E-state index contributed by atoms with van der Waals surface area (Å²) in [5.41, 5.74) is 1.53. The number of nitrogens with zero attached hydrogens (tertiary/aromatic N) is 1. The Balaban J connectivity index is 1.65. The molecule has 3 heterocycles. The number of aryl methyl sites for hydroxylation is 2. The fourth-order valence-corrected chi connectivity index (χ4v) is 3.72. The normalized spacial score (nSPS) is 16.0. The summed E-state index contributed by atoms with van der Waals surface area (Å²) in [5, 5.41) is 5.98. The number of amides is 2. The van der Waals surface area contributed by atoms with Crippen LogP contribution < -0.4 is 10.6 Å². The first kappa shape index (κ1) is 21.2. The first-order valence-corrected chi connectivity index (χ1v) is 10.1. The number of aromatic nitrogens is 1. The van der Waals surface area contributed by atoms with Crippen LogP contribution in [0.4, 0.5) is 4.79 Å². The first-order valence-electron chi connectivity index (χ1n) is 10.1. The van der Waals surface area contributed by atoms with Crippen LogP contribution in [0.1, 0.15) is 34.8 Å². The molecule has 9 nitrogen and oxygen atoms in total. The van der Waals surface area contributed by atoms with Crippen LogP contribution in [0.2, 0.25) is 0 Å². The summed E-state index contributed by atoms with van der Waals surface area (Å²) in [4.78, 5) is 37.9. The van der Waals surface area contributed by atoms with Gasteiger partial charge in [-0.05, 0) is 32.0 Å². The molecule has 0 aliphatic carbocycles. The van der Waals surface area contributed by atoms with Crippen molar-refractivity contribution in [1.29, 1.82) is 0 Å². The zero-order chi connectivity index (χ0) is 22.8. The van der Waals surface area contributed by atoms with Crippen molar-refractivity contribution in [2.24, 2.45) is 7.05 Å². The van der Waals surface area contributed by atoms with Crippen LogP contribution in [-0.4, -0.2) is 35.8 Å². The fraction of sp³-hybridized carbons (Fsp3) is 0.261. The third-order valence-electron chi connectivity index (χ3n) is 5.16. The van der Waals surface area contributed by atoms with Gasteiger partial charge in [0.25, 0.3) is 0 Å². The number of benzene rings is 1. The zero-order valence-electron chi connectivity index (χ0n) is 17.9. The van der Waals surface area contributed by atoms with E-state index >= 15 is 0 Å². The molecule has 4 rings (SSSR count). The summed E-state index contributed by atoms with van der Waals surface area (Å²) in [5.74, 6) is -0.218. The number of ether oxygens (including phenoxy) is 2. The van der Waals surface area contributed by atoms with Gasteiger partial charge in [-0.25, -0.2) is 14.4 Å². The minimum atomic E-state index is -0.872. The molecule has 0 spiro atoms. The Morgan fingerprint density at radius 3 is 2.62 bits per heavy atom. The summed E-state index contributed by atoms with van der Waals surface area (Å²) in [6.07, 6.45) is 1.68. The number of furan rings is 1. The number of rotatable bonds is 6. The van der Waals surface area contributed by atoms with Gasteiger partial charge in [-0.15, -0.1) is 0 Å². The van der Waals surface area contributed by atoms with E-state index in [2.05, 4.69) is 10.6 Å². The highest BCUT2D eigenvalue weighted by molar-refractivity contribution is 6.04. The second-order valence-electron chi connectivity index (χ2n) is 7.34. The lowest BCUT2D eigenvalue weighted by Crippen LogP contribution is -2.47. The van der Waals surface area contributed by atoms with Crippen molar-refractivity contribution in [3.05, 3.63) is 70.9 Å². The molecule has 166 valence electrons. The molecule has 1 aliphatic rings. The molecule has 9 heteroatoms.